The normalized spacial score (nSPS) is 20.0. The molecule has 1 aromatic rings. The van der Waals surface area contributed by atoms with E-state index in [1.165, 1.54) is 0 Å². The Bertz CT molecular complexity index is 778. The van der Waals surface area contributed by atoms with Crippen LogP contribution in [-0.4, -0.2) is 71.7 Å². The van der Waals surface area contributed by atoms with E-state index in [9.17, 15) is 14.4 Å². The van der Waals surface area contributed by atoms with E-state index in [1.54, 1.807) is 23.1 Å². The number of benzene rings is 1. The minimum absolute atomic E-state index is 0.0897. The summed E-state index contributed by atoms with van der Waals surface area (Å²) < 4.78 is 0. The maximum Gasteiger partial charge on any atom is 0.255 e. The van der Waals surface area contributed by atoms with E-state index in [0.29, 0.717) is 49.7 Å². The Labute approximate surface area is 181 Å². The molecular weight excluding hydrogens is 413 g/mol. The zero-order valence-electron chi connectivity index (χ0n) is 16.7. The van der Waals surface area contributed by atoms with Crippen LogP contribution in [0.5, 0.6) is 0 Å². The summed E-state index contributed by atoms with van der Waals surface area (Å²) in [6, 6.07) is 5.02. The molecule has 3 rings (SSSR count). The fourth-order valence-corrected chi connectivity index (χ4v) is 4.39. The van der Waals surface area contributed by atoms with Gasteiger partial charge in [-0.2, -0.15) is 0 Å². The van der Waals surface area contributed by atoms with E-state index >= 15 is 0 Å². The Morgan fingerprint density at radius 1 is 1.00 bits per heavy atom. The smallest absolute Gasteiger partial charge is 0.255 e. The molecule has 0 spiro atoms. The number of piperazine rings is 1. The fraction of sp³-hybridized carbons (Fsp3) is 0.571. The lowest BCUT2D eigenvalue weighted by Crippen LogP contribution is -2.54. The van der Waals surface area contributed by atoms with E-state index in [-0.39, 0.29) is 28.7 Å². The lowest BCUT2D eigenvalue weighted by Gasteiger charge is -2.39. The molecular formula is C21H27Cl2N3O3. The summed E-state index contributed by atoms with van der Waals surface area (Å²) in [5.41, 5.74) is 0.385. The number of halogens is 2. The Kier molecular flexibility index (Phi) is 7.41. The molecule has 2 saturated heterocycles. The Morgan fingerprint density at radius 2 is 1.69 bits per heavy atom. The van der Waals surface area contributed by atoms with Crippen LogP contribution in [0.15, 0.2) is 18.2 Å². The summed E-state index contributed by atoms with van der Waals surface area (Å²) in [5, 5.41) is 0.613. The maximum atomic E-state index is 13.0. The number of nitrogens with zero attached hydrogens (tertiary/aromatic N) is 3. The van der Waals surface area contributed by atoms with Gasteiger partial charge in [0.1, 0.15) is 0 Å². The van der Waals surface area contributed by atoms with Crippen molar-refractivity contribution in [2.45, 2.75) is 32.6 Å². The number of amides is 3. The van der Waals surface area contributed by atoms with E-state index in [4.69, 9.17) is 23.2 Å². The predicted molar refractivity (Wildman–Crippen MR) is 113 cm³/mol. The third-order valence-electron chi connectivity index (χ3n) is 5.65. The Balaban J connectivity index is 1.56. The predicted octanol–water partition coefficient (Wildman–Crippen LogP) is 3.32. The standard InChI is InChI=1S/C21H27Cl2N3O3/c1-2-5-18(27)26-9-4-6-15(14-26)20(28)24-10-12-25(13-11-24)21(29)16-7-3-8-17(22)19(16)23/h3,7-8,15H,2,4-6,9-14H2,1H3. The topological polar surface area (TPSA) is 60.9 Å². The summed E-state index contributed by atoms with van der Waals surface area (Å²) in [4.78, 5) is 43.3. The summed E-state index contributed by atoms with van der Waals surface area (Å²) in [7, 11) is 0. The van der Waals surface area contributed by atoms with Gasteiger partial charge in [-0.3, -0.25) is 14.4 Å². The van der Waals surface area contributed by atoms with Gasteiger partial charge >= 0.3 is 0 Å². The van der Waals surface area contributed by atoms with Crippen LogP contribution in [0.1, 0.15) is 43.0 Å². The average Bonchev–Trinajstić information content (AvgIpc) is 2.75. The molecule has 0 aliphatic carbocycles. The quantitative estimate of drug-likeness (QED) is 0.722. The monoisotopic (exact) mass is 439 g/mol. The molecule has 1 atom stereocenters. The van der Waals surface area contributed by atoms with Gasteiger partial charge < -0.3 is 14.7 Å². The number of hydrogen-bond acceptors (Lipinski definition) is 3. The first-order valence-corrected chi connectivity index (χ1v) is 11.0. The third-order valence-corrected chi connectivity index (χ3v) is 6.47. The van der Waals surface area contributed by atoms with Crippen molar-refractivity contribution in [3.8, 4) is 0 Å². The van der Waals surface area contributed by atoms with Crippen LogP contribution in [0, 0.1) is 5.92 Å². The van der Waals surface area contributed by atoms with Gasteiger partial charge in [-0.05, 0) is 31.4 Å². The number of hydrogen-bond donors (Lipinski definition) is 0. The van der Waals surface area contributed by atoms with E-state index in [1.807, 2.05) is 16.7 Å². The van der Waals surface area contributed by atoms with E-state index in [2.05, 4.69) is 0 Å². The molecule has 29 heavy (non-hydrogen) atoms. The molecule has 1 unspecified atom stereocenters. The highest BCUT2D eigenvalue weighted by Crippen LogP contribution is 2.27. The van der Waals surface area contributed by atoms with Crippen LogP contribution in [-0.2, 0) is 9.59 Å². The molecule has 0 N–H and O–H groups in total. The van der Waals surface area contributed by atoms with Crippen molar-refractivity contribution in [1.82, 2.24) is 14.7 Å². The first kappa shape index (κ1) is 21.9. The van der Waals surface area contributed by atoms with Crippen LogP contribution in [0.3, 0.4) is 0 Å². The molecule has 1 aromatic carbocycles. The first-order valence-electron chi connectivity index (χ1n) is 10.2. The largest absolute Gasteiger partial charge is 0.342 e. The molecule has 0 bridgehead atoms. The minimum atomic E-state index is -0.168. The molecule has 3 amide bonds. The molecule has 158 valence electrons. The lowest BCUT2D eigenvalue weighted by molar-refractivity contribution is -0.142. The number of likely N-dealkylation sites (tertiary alicyclic amines) is 1. The molecule has 0 aromatic heterocycles. The summed E-state index contributed by atoms with van der Waals surface area (Å²) in [6.45, 7) is 5.13. The van der Waals surface area contributed by atoms with Crippen LogP contribution >= 0.6 is 23.2 Å². The molecule has 0 saturated carbocycles. The maximum absolute atomic E-state index is 13.0. The Hall–Kier alpha value is -1.79. The van der Waals surface area contributed by atoms with Crippen LogP contribution in [0.4, 0.5) is 0 Å². The molecule has 8 heteroatoms. The third kappa shape index (κ3) is 5.04. The van der Waals surface area contributed by atoms with Crippen LogP contribution in [0.25, 0.3) is 0 Å². The number of piperidine rings is 1. The SMILES string of the molecule is CCCC(=O)N1CCCC(C(=O)N2CCN(C(=O)c3cccc(Cl)c3Cl)CC2)C1. The second-order valence-electron chi connectivity index (χ2n) is 7.65. The second-order valence-corrected chi connectivity index (χ2v) is 8.43. The summed E-state index contributed by atoms with van der Waals surface area (Å²) >= 11 is 12.2. The molecule has 6 nitrogen and oxygen atoms in total. The van der Waals surface area contributed by atoms with Gasteiger partial charge in [0.25, 0.3) is 5.91 Å². The van der Waals surface area contributed by atoms with Crippen molar-refractivity contribution in [1.29, 1.82) is 0 Å². The van der Waals surface area contributed by atoms with Gasteiger partial charge in [-0.1, -0.05) is 36.2 Å². The van der Waals surface area contributed by atoms with Gasteiger partial charge in [0.2, 0.25) is 11.8 Å². The summed E-state index contributed by atoms with van der Waals surface area (Å²) in [5.74, 6) is -0.0847. The van der Waals surface area contributed by atoms with Gasteiger partial charge in [-0.25, -0.2) is 0 Å². The highest BCUT2D eigenvalue weighted by molar-refractivity contribution is 6.43. The van der Waals surface area contributed by atoms with Gasteiger partial charge in [0.15, 0.2) is 0 Å². The van der Waals surface area contributed by atoms with Crippen molar-refractivity contribution >= 4 is 40.9 Å². The van der Waals surface area contributed by atoms with Gasteiger partial charge in [0.05, 0.1) is 21.5 Å². The van der Waals surface area contributed by atoms with Gasteiger partial charge in [0, 0.05) is 45.7 Å². The molecule has 0 radical (unpaired) electrons. The second kappa shape index (κ2) is 9.81. The average molecular weight is 440 g/mol. The zero-order valence-corrected chi connectivity index (χ0v) is 18.2. The molecule has 2 heterocycles. The minimum Gasteiger partial charge on any atom is -0.342 e. The van der Waals surface area contributed by atoms with Crippen molar-refractivity contribution < 1.29 is 14.4 Å². The van der Waals surface area contributed by atoms with Crippen molar-refractivity contribution in [3.05, 3.63) is 33.8 Å². The lowest BCUT2D eigenvalue weighted by atomic mass is 9.95. The van der Waals surface area contributed by atoms with Crippen molar-refractivity contribution in [2.24, 2.45) is 5.92 Å². The zero-order chi connectivity index (χ0) is 21.0. The molecule has 2 aliphatic heterocycles. The molecule has 2 aliphatic rings. The highest BCUT2D eigenvalue weighted by atomic mass is 35.5. The fourth-order valence-electron chi connectivity index (χ4n) is 4.00. The van der Waals surface area contributed by atoms with Gasteiger partial charge in [-0.15, -0.1) is 0 Å². The number of carbonyl (C=O) groups excluding carboxylic acids is 3. The van der Waals surface area contributed by atoms with Crippen molar-refractivity contribution in [2.75, 3.05) is 39.3 Å². The Morgan fingerprint density at radius 3 is 2.38 bits per heavy atom. The van der Waals surface area contributed by atoms with Crippen molar-refractivity contribution in [3.63, 3.8) is 0 Å². The number of carbonyl (C=O) groups is 3. The first-order chi connectivity index (χ1) is 13.9. The number of rotatable bonds is 4. The van der Waals surface area contributed by atoms with E-state index < -0.39 is 0 Å². The van der Waals surface area contributed by atoms with E-state index in [0.717, 1.165) is 25.8 Å². The highest BCUT2D eigenvalue weighted by Gasteiger charge is 2.33. The molecule has 2 fully saturated rings. The van der Waals surface area contributed by atoms with Crippen LogP contribution in [0.2, 0.25) is 10.0 Å². The van der Waals surface area contributed by atoms with Crippen LogP contribution < -0.4 is 0 Å². The summed E-state index contributed by atoms with van der Waals surface area (Å²) in [6.07, 6.45) is 3.03.